The van der Waals surface area contributed by atoms with Crippen LogP contribution in [0.15, 0.2) is 47.4 Å². The van der Waals surface area contributed by atoms with E-state index < -0.39 is 10.1 Å². The van der Waals surface area contributed by atoms with Crippen molar-refractivity contribution in [3.63, 3.8) is 0 Å². The second-order valence-corrected chi connectivity index (χ2v) is 7.02. The van der Waals surface area contributed by atoms with Gasteiger partial charge in [0.15, 0.2) is 0 Å². The van der Waals surface area contributed by atoms with Crippen molar-refractivity contribution in [2.45, 2.75) is 43.9 Å². The maximum absolute atomic E-state index is 11.7. The third-order valence-corrected chi connectivity index (χ3v) is 4.59. The first kappa shape index (κ1) is 22.6. The van der Waals surface area contributed by atoms with Crippen molar-refractivity contribution in [2.75, 3.05) is 0 Å². The monoisotopic (exact) mass is 388 g/mol. The first-order valence-corrected chi connectivity index (χ1v) is 9.39. The summed E-state index contributed by atoms with van der Waals surface area (Å²) >= 11 is 0. The fourth-order valence-corrected chi connectivity index (χ4v) is 3.23. The average Bonchev–Trinajstić information content (AvgIpc) is 2.51. The summed E-state index contributed by atoms with van der Waals surface area (Å²) < 4.78 is 38.3. The molecule has 0 atom stereocenters. The standard InChI is InChI=1S/C18H22O5S.K/c1-2-3-4-5-7-14-10-11-17(13-18(14)24(20,21)22)23-16-9-6-8-15(19)12-16;/h6,8-13,19H,2-5,7H2,1H3,(H,20,21,22);/q;+1/p-1. The fourth-order valence-electron chi connectivity index (χ4n) is 2.46. The van der Waals surface area contributed by atoms with Gasteiger partial charge in [-0.05, 0) is 36.6 Å². The number of rotatable bonds is 8. The molecule has 0 amide bonds. The van der Waals surface area contributed by atoms with Crippen LogP contribution in [0.4, 0.5) is 0 Å². The van der Waals surface area contributed by atoms with Crippen LogP contribution in [0.5, 0.6) is 17.2 Å². The van der Waals surface area contributed by atoms with Crippen LogP contribution in [0.3, 0.4) is 0 Å². The summed E-state index contributed by atoms with van der Waals surface area (Å²) in [7, 11) is -4.34. The van der Waals surface area contributed by atoms with E-state index >= 15 is 0 Å². The predicted octanol–water partition coefficient (Wildman–Crippen LogP) is 0.926. The van der Waals surface area contributed by atoms with E-state index in [1.807, 2.05) is 0 Å². The summed E-state index contributed by atoms with van der Waals surface area (Å²) in [6, 6.07) is 10.5. The van der Waals surface area contributed by atoms with Crippen molar-refractivity contribution in [3.05, 3.63) is 48.0 Å². The van der Waals surface area contributed by atoms with Gasteiger partial charge in [0.1, 0.15) is 16.4 Å². The summed E-state index contributed by atoms with van der Waals surface area (Å²) in [6.07, 6.45) is 4.63. The molecule has 1 N–H and O–H groups in total. The largest absolute Gasteiger partial charge is 1.00 e. The van der Waals surface area contributed by atoms with Gasteiger partial charge in [0.05, 0.1) is 0 Å². The summed E-state index contributed by atoms with van der Waals surface area (Å²) in [6.45, 7) is 2.10. The number of ether oxygens (including phenoxy) is 1. The summed E-state index contributed by atoms with van der Waals surface area (Å²) in [5.41, 5.74) is 0.568. The molecule has 25 heavy (non-hydrogen) atoms. The molecule has 0 heterocycles. The van der Waals surface area contributed by atoms with Gasteiger partial charge >= 0.3 is 51.4 Å². The van der Waals surface area contributed by atoms with Crippen LogP contribution < -0.4 is 61.2 Å². The van der Waals surface area contributed by atoms with Crippen LogP contribution in [0.25, 0.3) is 0 Å². The van der Waals surface area contributed by atoms with Gasteiger partial charge in [0.25, 0.3) is 10.1 Å². The predicted molar refractivity (Wildman–Crippen MR) is 90.1 cm³/mol. The van der Waals surface area contributed by atoms with Gasteiger partial charge in [-0.1, -0.05) is 44.4 Å². The molecule has 0 aromatic heterocycles. The first-order chi connectivity index (χ1) is 11.4. The minimum atomic E-state index is -4.34. The number of hydrogen-bond acceptors (Lipinski definition) is 4. The molecule has 0 bridgehead atoms. The summed E-state index contributed by atoms with van der Waals surface area (Å²) in [4.78, 5) is -0.144. The zero-order valence-corrected chi connectivity index (χ0v) is 18.5. The maximum Gasteiger partial charge on any atom is 1.00 e. The molecule has 2 aromatic carbocycles. The van der Waals surface area contributed by atoms with Gasteiger partial charge in [-0.15, -0.1) is 5.75 Å². The average molecular weight is 389 g/mol. The second kappa shape index (κ2) is 10.7. The Hall–Kier alpha value is -0.414. The Labute approximate surface area is 191 Å². The van der Waals surface area contributed by atoms with E-state index in [-0.39, 0.29) is 67.8 Å². The summed E-state index contributed by atoms with van der Waals surface area (Å²) in [5, 5.41) is 11.3. The van der Waals surface area contributed by atoms with Crippen LogP contribution in [-0.4, -0.2) is 13.0 Å². The third kappa shape index (κ3) is 7.38. The molecule has 0 aliphatic rings. The maximum atomic E-state index is 11.7. The van der Waals surface area contributed by atoms with Crippen LogP contribution in [0.1, 0.15) is 38.2 Å². The molecule has 0 radical (unpaired) electrons. The molecule has 0 saturated heterocycles. The molecule has 5 nitrogen and oxygen atoms in total. The first-order valence-electron chi connectivity index (χ1n) is 7.95. The molecule has 0 unspecified atom stereocenters. The van der Waals surface area contributed by atoms with E-state index in [1.165, 1.54) is 18.2 Å². The summed E-state index contributed by atoms with van der Waals surface area (Å²) in [5.74, 6) is 0.375. The van der Waals surface area contributed by atoms with Crippen molar-refractivity contribution in [2.24, 2.45) is 0 Å². The van der Waals surface area contributed by atoms with E-state index in [9.17, 15) is 18.1 Å². The van der Waals surface area contributed by atoms with Crippen LogP contribution in [0.2, 0.25) is 0 Å². The molecular weight excluding hydrogens is 367 g/mol. The number of benzene rings is 2. The van der Waals surface area contributed by atoms with Gasteiger partial charge < -0.3 is 9.84 Å². The van der Waals surface area contributed by atoms with Gasteiger partial charge in [-0.2, -0.15) is 8.42 Å². The van der Waals surface area contributed by atoms with Crippen molar-refractivity contribution in [3.8, 4) is 17.2 Å². The normalized spacial score (nSPS) is 11.0. The smallest absolute Gasteiger partial charge is 0.872 e. The van der Waals surface area contributed by atoms with Crippen molar-refractivity contribution in [1.82, 2.24) is 0 Å². The van der Waals surface area contributed by atoms with E-state index in [0.717, 1.165) is 25.7 Å². The molecule has 0 fully saturated rings. The molecule has 2 rings (SSSR count). The zero-order chi connectivity index (χ0) is 17.6. The Kier molecular flexibility index (Phi) is 9.65. The van der Waals surface area contributed by atoms with E-state index in [0.29, 0.717) is 17.7 Å². The van der Waals surface area contributed by atoms with Crippen molar-refractivity contribution in [1.29, 1.82) is 0 Å². The Balaban J connectivity index is 0.00000312. The second-order valence-electron chi connectivity index (χ2n) is 5.63. The Morgan fingerprint density at radius 3 is 2.40 bits per heavy atom. The topological polar surface area (TPSA) is 86.7 Å². The van der Waals surface area contributed by atoms with E-state index in [2.05, 4.69) is 6.92 Å². The molecule has 7 heteroatoms. The van der Waals surface area contributed by atoms with Gasteiger partial charge in [0.2, 0.25) is 0 Å². The van der Waals surface area contributed by atoms with Gasteiger partial charge in [-0.25, -0.2) is 0 Å². The fraction of sp³-hybridized carbons (Fsp3) is 0.333. The number of unbranched alkanes of at least 4 members (excludes halogenated alkanes) is 3. The van der Waals surface area contributed by atoms with Crippen LogP contribution in [0, 0.1) is 0 Å². The van der Waals surface area contributed by atoms with Crippen molar-refractivity contribution < 1.29 is 74.2 Å². The van der Waals surface area contributed by atoms with Gasteiger partial charge in [0, 0.05) is 6.07 Å². The minimum Gasteiger partial charge on any atom is -0.872 e. The molecule has 0 saturated carbocycles. The molecule has 0 aliphatic carbocycles. The molecule has 2 aromatic rings. The van der Waals surface area contributed by atoms with E-state index in [4.69, 9.17) is 4.74 Å². The Morgan fingerprint density at radius 1 is 1.04 bits per heavy atom. The SMILES string of the molecule is CCCCCCc1ccc(Oc2cccc([O-])c2)cc1S(=O)(=O)O.[K+]. The molecule has 0 aliphatic heterocycles. The van der Waals surface area contributed by atoms with Crippen molar-refractivity contribution >= 4 is 10.1 Å². The number of hydrogen-bond donors (Lipinski definition) is 1. The quantitative estimate of drug-likeness (QED) is 0.413. The molecule has 130 valence electrons. The minimum absolute atomic E-state index is 0. The van der Waals surface area contributed by atoms with Crippen LogP contribution >= 0.6 is 0 Å². The Morgan fingerprint density at radius 2 is 1.76 bits per heavy atom. The number of aryl methyl sites for hydroxylation is 1. The third-order valence-electron chi connectivity index (χ3n) is 3.66. The van der Waals surface area contributed by atoms with Crippen LogP contribution in [-0.2, 0) is 16.5 Å². The van der Waals surface area contributed by atoms with E-state index in [1.54, 1.807) is 24.3 Å². The Bertz CT molecular complexity index is 790. The molecular formula is C18H21KO5S. The zero-order valence-electron chi connectivity index (χ0n) is 14.6. The van der Waals surface area contributed by atoms with Gasteiger partial charge in [-0.3, -0.25) is 4.55 Å². The molecule has 0 spiro atoms.